The number of nitrogens with one attached hydrogen (secondary N) is 1. The highest BCUT2D eigenvalue weighted by Crippen LogP contribution is 2.29. The summed E-state index contributed by atoms with van der Waals surface area (Å²) < 4.78 is 7.07. The predicted molar refractivity (Wildman–Crippen MR) is 87.5 cm³/mol. The van der Waals surface area contributed by atoms with Gasteiger partial charge in [0.2, 0.25) is 0 Å². The van der Waals surface area contributed by atoms with E-state index in [1.807, 2.05) is 51.1 Å². The molecule has 1 aromatic heterocycles. The first-order valence-electron chi connectivity index (χ1n) is 7.68. The van der Waals surface area contributed by atoms with Crippen molar-refractivity contribution in [1.29, 1.82) is 0 Å². The van der Waals surface area contributed by atoms with E-state index < -0.39 is 11.7 Å². The van der Waals surface area contributed by atoms with Gasteiger partial charge in [0.1, 0.15) is 5.60 Å². The van der Waals surface area contributed by atoms with E-state index in [9.17, 15) is 9.59 Å². The number of carbonyl (C=O) groups excluding carboxylic acids is 2. The molecule has 0 saturated heterocycles. The molecule has 0 bridgehead atoms. The van der Waals surface area contributed by atoms with Crippen LogP contribution in [0.5, 0.6) is 0 Å². The smallest absolute Gasteiger partial charge is 0.419 e. The highest BCUT2D eigenvalue weighted by molar-refractivity contribution is 5.99. The monoisotopic (exact) mass is 312 g/mol. The van der Waals surface area contributed by atoms with Gasteiger partial charge in [-0.3, -0.25) is 4.79 Å². The second-order valence-electron chi connectivity index (χ2n) is 6.58. The number of rotatable bonds is 1. The largest absolute Gasteiger partial charge is 0.443 e. The van der Waals surface area contributed by atoms with E-state index in [1.165, 1.54) is 4.57 Å². The van der Waals surface area contributed by atoms with Gasteiger partial charge in [-0.1, -0.05) is 30.3 Å². The molecule has 2 heterocycles. The van der Waals surface area contributed by atoms with Crippen LogP contribution in [0, 0.1) is 0 Å². The van der Waals surface area contributed by atoms with Crippen LogP contribution in [-0.2, 0) is 11.2 Å². The molecule has 0 saturated carbocycles. The number of nitrogens with zero attached hydrogens (tertiary/aromatic N) is 1. The SMILES string of the molecule is CC(C)(C)OC(=O)n1c(-c2ccccc2)cc2c1CCNC2=O. The molecule has 1 aromatic carbocycles. The third-order valence-electron chi connectivity index (χ3n) is 3.64. The molecule has 0 aliphatic carbocycles. The molecule has 0 unspecified atom stereocenters. The van der Waals surface area contributed by atoms with Gasteiger partial charge in [-0.25, -0.2) is 9.36 Å². The average Bonchev–Trinajstić information content (AvgIpc) is 2.87. The van der Waals surface area contributed by atoms with E-state index in [2.05, 4.69) is 5.32 Å². The summed E-state index contributed by atoms with van der Waals surface area (Å²) >= 11 is 0. The van der Waals surface area contributed by atoms with Crippen LogP contribution in [0.2, 0.25) is 0 Å². The van der Waals surface area contributed by atoms with Crippen molar-refractivity contribution in [2.45, 2.75) is 32.8 Å². The number of amides is 1. The second kappa shape index (κ2) is 5.57. The van der Waals surface area contributed by atoms with E-state index in [0.717, 1.165) is 5.56 Å². The lowest BCUT2D eigenvalue weighted by Gasteiger charge is -2.22. The van der Waals surface area contributed by atoms with Crippen LogP contribution < -0.4 is 5.32 Å². The zero-order valence-corrected chi connectivity index (χ0v) is 13.6. The Labute approximate surface area is 135 Å². The maximum atomic E-state index is 12.7. The fraction of sp³-hybridized carbons (Fsp3) is 0.333. The lowest BCUT2D eigenvalue weighted by molar-refractivity contribution is 0.0535. The molecule has 23 heavy (non-hydrogen) atoms. The minimum atomic E-state index is -0.598. The van der Waals surface area contributed by atoms with Crippen molar-refractivity contribution in [3.8, 4) is 11.3 Å². The van der Waals surface area contributed by atoms with Gasteiger partial charge in [-0.05, 0) is 32.4 Å². The zero-order chi connectivity index (χ0) is 16.6. The predicted octanol–water partition coefficient (Wildman–Crippen LogP) is 3.22. The highest BCUT2D eigenvalue weighted by atomic mass is 16.6. The summed E-state index contributed by atoms with van der Waals surface area (Å²) in [6.07, 6.45) is 0.153. The number of hydrogen-bond donors (Lipinski definition) is 1. The van der Waals surface area contributed by atoms with Crippen molar-refractivity contribution in [3.63, 3.8) is 0 Å². The summed E-state index contributed by atoms with van der Waals surface area (Å²) in [6.45, 7) is 6.01. The summed E-state index contributed by atoms with van der Waals surface area (Å²) in [6, 6.07) is 11.3. The first-order chi connectivity index (χ1) is 10.9. The third-order valence-corrected chi connectivity index (χ3v) is 3.64. The van der Waals surface area contributed by atoms with Crippen LogP contribution >= 0.6 is 0 Å². The quantitative estimate of drug-likeness (QED) is 0.879. The van der Waals surface area contributed by atoms with E-state index >= 15 is 0 Å². The first-order valence-corrected chi connectivity index (χ1v) is 7.68. The van der Waals surface area contributed by atoms with Crippen LogP contribution in [0.1, 0.15) is 36.8 Å². The molecule has 1 amide bonds. The van der Waals surface area contributed by atoms with Crippen molar-refractivity contribution in [2.24, 2.45) is 0 Å². The number of benzene rings is 1. The van der Waals surface area contributed by atoms with Crippen molar-refractivity contribution >= 4 is 12.0 Å². The van der Waals surface area contributed by atoms with Crippen LogP contribution in [0.3, 0.4) is 0 Å². The number of hydrogen-bond acceptors (Lipinski definition) is 3. The Balaban J connectivity index is 2.15. The molecule has 0 atom stereocenters. The maximum Gasteiger partial charge on any atom is 0.419 e. The molecule has 5 nitrogen and oxygen atoms in total. The van der Waals surface area contributed by atoms with Gasteiger partial charge in [-0.15, -0.1) is 0 Å². The van der Waals surface area contributed by atoms with E-state index in [0.29, 0.717) is 29.9 Å². The Bertz CT molecular complexity index is 755. The lowest BCUT2D eigenvalue weighted by atomic mass is 10.1. The molecular weight excluding hydrogens is 292 g/mol. The number of ether oxygens (including phenoxy) is 1. The molecule has 1 aliphatic heterocycles. The average molecular weight is 312 g/mol. The lowest BCUT2D eigenvalue weighted by Crippen LogP contribution is -2.34. The van der Waals surface area contributed by atoms with Gasteiger partial charge in [-0.2, -0.15) is 0 Å². The Hall–Kier alpha value is -2.56. The second-order valence-corrected chi connectivity index (χ2v) is 6.58. The Morgan fingerprint density at radius 1 is 1.22 bits per heavy atom. The summed E-state index contributed by atoms with van der Waals surface area (Å²) in [5, 5.41) is 2.81. The van der Waals surface area contributed by atoms with Crippen molar-refractivity contribution in [2.75, 3.05) is 6.54 Å². The Morgan fingerprint density at radius 3 is 2.57 bits per heavy atom. The summed E-state index contributed by atoms with van der Waals surface area (Å²) in [5.74, 6) is -0.147. The van der Waals surface area contributed by atoms with E-state index in [4.69, 9.17) is 4.74 Å². The molecular formula is C18H20N2O3. The van der Waals surface area contributed by atoms with E-state index in [-0.39, 0.29) is 5.91 Å². The Morgan fingerprint density at radius 2 is 1.91 bits per heavy atom. The maximum absolute atomic E-state index is 12.7. The number of carbonyl (C=O) groups is 2. The molecule has 3 rings (SSSR count). The fourth-order valence-corrected chi connectivity index (χ4v) is 2.72. The van der Waals surface area contributed by atoms with Crippen LogP contribution in [0.4, 0.5) is 4.79 Å². The molecule has 1 N–H and O–H groups in total. The van der Waals surface area contributed by atoms with Gasteiger partial charge in [0.25, 0.3) is 5.91 Å². The minimum Gasteiger partial charge on any atom is -0.443 e. The standard InChI is InChI=1S/C18H20N2O3/c1-18(2,3)23-17(22)20-14-9-10-19-16(21)13(14)11-15(20)12-7-5-4-6-8-12/h4-8,11H,9-10H2,1-3H3,(H,19,21). The van der Waals surface area contributed by atoms with Crippen LogP contribution in [-0.4, -0.2) is 28.7 Å². The van der Waals surface area contributed by atoms with Crippen molar-refractivity contribution in [3.05, 3.63) is 47.7 Å². The fourth-order valence-electron chi connectivity index (χ4n) is 2.72. The third kappa shape index (κ3) is 2.99. The van der Waals surface area contributed by atoms with Gasteiger partial charge >= 0.3 is 6.09 Å². The number of aromatic nitrogens is 1. The first kappa shape index (κ1) is 15.3. The van der Waals surface area contributed by atoms with Gasteiger partial charge in [0.05, 0.1) is 11.3 Å². The molecule has 5 heteroatoms. The van der Waals surface area contributed by atoms with Gasteiger partial charge in [0.15, 0.2) is 0 Å². The van der Waals surface area contributed by atoms with Gasteiger partial charge in [0, 0.05) is 18.7 Å². The van der Waals surface area contributed by atoms with E-state index in [1.54, 1.807) is 6.07 Å². The normalized spacial score (nSPS) is 14.1. The topological polar surface area (TPSA) is 60.3 Å². The zero-order valence-electron chi connectivity index (χ0n) is 13.6. The summed E-state index contributed by atoms with van der Waals surface area (Å²) in [7, 11) is 0. The Kier molecular flexibility index (Phi) is 3.72. The summed E-state index contributed by atoms with van der Waals surface area (Å²) in [4.78, 5) is 24.8. The minimum absolute atomic E-state index is 0.147. The molecule has 1 aliphatic rings. The van der Waals surface area contributed by atoms with Gasteiger partial charge < -0.3 is 10.1 Å². The molecule has 0 fully saturated rings. The van der Waals surface area contributed by atoms with Crippen LogP contribution in [0.25, 0.3) is 11.3 Å². The summed E-state index contributed by atoms with van der Waals surface area (Å²) in [5.41, 5.74) is 2.21. The molecule has 0 spiro atoms. The number of fused-ring (bicyclic) bond motifs is 1. The molecule has 2 aromatic rings. The molecule has 120 valence electrons. The van der Waals surface area contributed by atoms with Crippen LogP contribution in [0.15, 0.2) is 36.4 Å². The van der Waals surface area contributed by atoms with Crippen molar-refractivity contribution in [1.82, 2.24) is 9.88 Å². The highest BCUT2D eigenvalue weighted by Gasteiger charge is 2.29. The van der Waals surface area contributed by atoms with Crippen molar-refractivity contribution < 1.29 is 14.3 Å². The molecule has 0 radical (unpaired) electrons.